The molecule has 1 atom stereocenters. The van der Waals surface area contributed by atoms with Gasteiger partial charge < -0.3 is 4.42 Å². The first-order chi connectivity index (χ1) is 6.12. The minimum absolute atomic E-state index is 0.0359. The number of carbonyl (C=O) groups is 1. The first-order valence-corrected chi connectivity index (χ1v) is 4.67. The van der Waals surface area contributed by atoms with Gasteiger partial charge in [0.1, 0.15) is 5.78 Å². The number of carbonyl (C=O) groups excluding carboxylic acids is 1. The van der Waals surface area contributed by atoms with Gasteiger partial charge in [-0.3, -0.25) is 4.79 Å². The van der Waals surface area contributed by atoms with Crippen molar-refractivity contribution in [1.82, 2.24) is 0 Å². The van der Waals surface area contributed by atoms with Gasteiger partial charge in [-0.05, 0) is 24.5 Å². The molecule has 0 bridgehead atoms. The molecule has 1 aromatic heterocycles. The average molecular weight is 178 g/mol. The Morgan fingerprint density at radius 1 is 1.46 bits per heavy atom. The predicted molar refractivity (Wildman–Crippen MR) is 49.7 cm³/mol. The van der Waals surface area contributed by atoms with Crippen molar-refractivity contribution in [1.29, 1.82) is 0 Å². The Bertz CT molecular complexity index is 338. The van der Waals surface area contributed by atoms with E-state index in [-0.39, 0.29) is 5.41 Å². The fourth-order valence-electron chi connectivity index (χ4n) is 2.24. The zero-order valence-electron chi connectivity index (χ0n) is 8.09. The van der Waals surface area contributed by atoms with Gasteiger partial charge in [0.25, 0.3) is 0 Å². The van der Waals surface area contributed by atoms with E-state index in [1.807, 2.05) is 6.92 Å². The van der Waals surface area contributed by atoms with Crippen LogP contribution in [-0.2, 0) is 10.2 Å². The third-order valence-electron chi connectivity index (χ3n) is 3.05. The van der Waals surface area contributed by atoms with Crippen LogP contribution in [0.5, 0.6) is 0 Å². The maximum Gasteiger partial charge on any atom is 0.133 e. The van der Waals surface area contributed by atoms with Crippen molar-refractivity contribution in [2.75, 3.05) is 0 Å². The van der Waals surface area contributed by atoms with Crippen molar-refractivity contribution in [3.05, 3.63) is 23.7 Å². The van der Waals surface area contributed by atoms with Crippen molar-refractivity contribution in [2.24, 2.45) is 0 Å². The highest BCUT2D eigenvalue weighted by Gasteiger charge is 2.37. The van der Waals surface area contributed by atoms with Crippen LogP contribution in [0.15, 0.2) is 16.9 Å². The summed E-state index contributed by atoms with van der Waals surface area (Å²) in [5.41, 5.74) is 2.41. The molecular formula is C11H14O2. The van der Waals surface area contributed by atoms with Crippen LogP contribution in [0.1, 0.15) is 37.3 Å². The van der Waals surface area contributed by atoms with Gasteiger partial charge in [0, 0.05) is 18.3 Å². The number of aryl methyl sites for hydroxylation is 1. The molecule has 1 fully saturated rings. The molecule has 0 aliphatic heterocycles. The topological polar surface area (TPSA) is 30.2 Å². The largest absolute Gasteiger partial charge is 0.472 e. The van der Waals surface area contributed by atoms with E-state index in [1.54, 1.807) is 12.5 Å². The van der Waals surface area contributed by atoms with Gasteiger partial charge in [-0.15, -0.1) is 0 Å². The number of hydrogen-bond acceptors (Lipinski definition) is 2. The van der Waals surface area contributed by atoms with Gasteiger partial charge in [0.2, 0.25) is 0 Å². The predicted octanol–water partition coefficient (Wildman–Crippen LogP) is 2.60. The summed E-state index contributed by atoms with van der Waals surface area (Å²) in [7, 11) is 0. The Labute approximate surface area is 77.9 Å². The molecule has 2 heteroatoms. The van der Waals surface area contributed by atoms with Gasteiger partial charge in [0.05, 0.1) is 12.5 Å². The fraction of sp³-hybridized carbons (Fsp3) is 0.545. The SMILES string of the molecule is Cc1cocc1C1(C)CCC(=O)C1. The van der Waals surface area contributed by atoms with E-state index in [4.69, 9.17) is 4.42 Å². The molecule has 0 amide bonds. The van der Waals surface area contributed by atoms with E-state index in [9.17, 15) is 4.79 Å². The summed E-state index contributed by atoms with van der Waals surface area (Å²) in [5, 5.41) is 0. The molecule has 0 aromatic carbocycles. The zero-order chi connectivity index (χ0) is 9.47. The van der Waals surface area contributed by atoms with Crippen LogP contribution in [0.4, 0.5) is 0 Å². The number of Topliss-reactive ketones (excluding diaryl/α,β-unsaturated/α-hetero) is 1. The molecule has 13 heavy (non-hydrogen) atoms. The van der Waals surface area contributed by atoms with Gasteiger partial charge in [0.15, 0.2) is 0 Å². The maximum atomic E-state index is 11.2. The second-order valence-electron chi connectivity index (χ2n) is 4.24. The van der Waals surface area contributed by atoms with Crippen molar-refractivity contribution < 1.29 is 9.21 Å². The van der Waals surface area contributed by atoms with Crippen molar-refractivity contribution in [3.63, 3.8) is 0 Å². The smallest absolute Gasteiger partial charge is 0.133 e. The molecule has 0 spiro atoms. The lowest BCUT2D eigenvalue weighted by Gasteiger charge is -2.21. The highest BCUT2D eigenvalue weighted by molar-refractivity contribution is 5.82. The van der Waals surface area contributed by atoms with Gasteiger partial charge >= 0.3 is 0 Å². The Hall–Kier alpha value is -1.05. The minimum Gasteiger partial charge on any atom is -0.472 e. The molecule has 1 aliphatic carbocycles. The number of furan rings is 1. The first-order valence-electron chi connectivity index (χ1n) is 4.67. The van der Waals surface area contributed by atoms with Crippen LogP contribution in [0.3, 0.4) is 0 Å². The lowest BCUT2D eigenvalue weighted by atomic mass is 9.81. The maximum absolute atomic E-state index is 11.2. The van der Waals surface area contributed by atoms with E-state index in [0.29, 0.717) is 12.2 Å². The van der Waals surface area contributed by atoms with Crippen molar-refractivity contribution >= 4 is 5.78 Å². The summed E-state index contributed by atoms with van der Waals surface area (Å²) < 4.78 is 5.15. The van der Waals surface area contributed by atoms with Crippen LogP contribution in [0, 0.1) is 6.92 Å². The summed E-state index contributed by atoms with van der Waals surface area (Å²) in [6, 6.07) is 0. The molecule has 2 rings (SSSR count). The summed E-state index contributed by atoms with van der Waals surface area (Å²) in [6.45, 7) is 4.18. The summed E-state index contributed by atoms with van der Waals surface area (Å²) >= 11 is 0. The quantitative estimate of drug-likeness (QED) is 0.661. The highest BCUT2D eigenvalue weighted by atomic mass is 16.3. The lowest BCUT2D eigenvalue weighted by molar-refractivity contribution is -0.117. The molecule has 70 valence electrons. The molecule has 1 aliphatic rings. The van der Waals surface area contributed by atoms with E-state index >= 15 is 0 Å². The number of rotatable bonds is 1. The Morgan fingerprint density at radius 3 is 2.69 bits per heavy atom. The third kappa shape index (κ3) is 1.30. The number of ketones is 1. The van der Waals surface area contributed by atoms with E-state index in [1.165, 1.54) is 5.56 Å². The molecule has 0 radical (unpaired) electrons. The summed E-state index contributed by atoms with van der Waals surface area (Å²) in [6.07, 6.45) is 5.90. The first kappa shape index (κ1) is 8.54. The fourth-order valence-corrected chi connectivity index (χ4v) is 2.24. The molecular weight excluding hydrogens is 164 g/mol. The van der Waals surface area contributed by atoms with Crippen LogP contribution in [0.2, 0.25) is 0 Å². The second kappa shape index (κ2) is 2.72. The van der Waals surface area contributed by atoms with Crippen molar-refractivity contribution in [2.45, 2.75) is 38.5 Å². The molecule has 1 heterocycles. The Morgan fingerprint density at radius 2 is 2.23 bits per heavy atom. The van der Waals surface area contributed by atoms with E-state index < -0.39 is 0 Å². The van der Waals surface area contributed by atoms with Crippen LogP contribution >= 0.6 is 0 Å². The lowest BCUT2D eigenvalue weighted by Crippen LogP contribution is -2.17. The molecule has 1 aromatic rings. The van der Waals surface area contributed by atoms with Gasteiger partial charge in [-0.2, -0.15) is 0 Å². The minimum atomic E-state index is 0.0359. The normalized spacial score (nSPS) is 28.3. The number of hydrogen-bond donors (Lipinski definition) is 0. The Balaban J connectivity index is 2.35. The van der Waals surface area contributed by atoms with Gasteiger partial charge in [-0.1, -0.05) is 6.92 Å². The van der Waals surface area contributed by atoms with Gasteiger partial charge in [-0.25, -0.2) is 0 Å². The monoisotopic (exact) mass is 178 g/mol. The zero-order valence-corrected chi connectivity index (χ0v) is 8.09. The average Bonchev–Trinajstić information content (AvgIpc) is 2.59. The second-order valence-corrected chi connectivity index (χ2v) is 4.24. The highest BCUT2D eigenvalue weighted by Crippen LogP contribution is 2.40. The molecule has 0 saturated heterocycles. The van der Waals surface area contributed by atoms with Crippen LogP contribution < -0.4 is 0 Å². The van der Waals surface area contributed by atoms with Crippen molar-refractivity contribution in [3.8, 4) is 0 Å². The Kier molecular flexibility index (Phi) is 1.79. The molecule has 1 unspecified atom stereocenters. The van der Waals surface area contributed by atoms with Crippen LogP contribution in [-0.4, -0.2) is 5.78 Å². The summed E-state index contributed by atoms with van der Waals surface area (Å²) in [4.78, 5) is 11.2. The van der Waals surface area contributed by atoms with E-state index in [0.717, 1.165) is 18.4 Å². The van der Waals surface area contributed by atoms with E-state index in [2.05, 4.69) is 6.92 Å². The van der Waals surface area contributed by atoms with Crippen LogP contribution in [0.25, 0.3) is 0 Å². The molecule has 0 N–H and O–H groups in total. The molecule has 2 nitrogen and oxygen atoms in total. The summed E-state index contributed by atoms with van der Waals surface area (Å²) in [5.74, 6) is 0.378. The third-order valence-corrected chi connectivity index (χ3v) is 3.05. The standard InChI is InChI=1S/C11H14O2/c1-8-6-13-7-10(8)11(2)4-3-9(12)5-11/h6-7H,3-5H2,1-2H3. The molecule has 1 saturated carbocycles.